The highest BCUT2D eigenvalue weighted by Crippen LogP contribution is 2.31. The third kappa shape index (κ3) is 3.84. The lowest BCUT2D eigenvalue weighted by Gasteiger charge is -2.11. The van der Waals surface area contributed by atoms with Crippen molar-refractivity contribution < 1.29 is 27.6 Å². The average molecular weight is 352 g/mol. The molecule has 1 aromatic heterocycles. The quantitative estimate of drug-likeness (QED) is 0.454. The van der Waals surface area contributed by atoms with E-state index in [0.29, 0.717) is 0 Å². The Hall–Kier alpha value is -3.01. The van der Waals surface area contributed by atoms with Crippen LogP contribution in [-0.2, 0) is 14.6 Å². The van der Waals surface area contributed by atoms with Crippen LogP contribution in [0.3, 0.4) is 0 Å². The van der Waals surface area contributed by atoms with Crippen LogP contribution in [0.25, 0.3) is 0 Å². The molecule has 0 amide bonds. The van der Waals surface area contributed by atoms with Gasteiger partial charge in [-0.3, -0.25) is 0 Å². The second-order valence-corrected chi connectivity index (χ2v) is 6.62. The molecule has 126 valence electrons. The third-order valence-electron chi connectivity index (χ3n) is 2.90. The molecule has 0 unspecified atom stereocenters. The van der Waals surface area contributed by atoms with Crippen LogP contribution in [0, 0.1) is 10.1 Å². The topological polar surface area (TPSA) is 126 Å². The minimum atomic E-state index is -3.73. The van der Waals surface area contributed by atoms with Crippen molar-refractivity contribution in [1.29, 1.82) is 0 Å². The Balaban J connectivity index is 2.48. The molecule has 0 radical (unpaired) electrons. The average Bonchev–Trinajstić information content (AvgIpc) is 2.53. The maximum absolute atomic E-state index is 11.9. The lowest BCUT2D eigenvalue weighted by atomic mass is 10.2. The predicted molar refractivity (Wildman–Crippen MR) is 81.9 cm³/mol. The van der Waals surface area contributed by atoms with Crippen LogP contribution in [0.4, 0.5) is 5.82 Å². The highest BCUT2D eigenvalue weighted by atomic mass is 32.2. The van der Waals surface area contributed by atoms with E-state index in [1.54, 1.807) is 0 Å². The number of carbonyl (C=O) groups is 1. The fourth-order valence-electron chi connectivity index (χ4n) is 1.82. The lowest BCUT2D eigenvalue weighted by molar-refractivity contribution is -0.389. The second-order valence-electron chi connectivity index (χ2n) is 4.63. The van der Waals surface area contributed by atoms with Crippen LogP contribution in [0.5, 0.6) is 11.5 Å². The van der Waals surface area contributed by atoms with Gasteiger partial charge in [0.2, 0.25) is 0 Å². The van der Waals surface area contributed by atoms with Crippen LogP contribution in [0.1, 0.15) is 10.4 Å². The highest BCUT2D eigenvalue weighted by molar-refractivity contribution is 7.90. The summed E-state index contributed by atoms with van der Waals surface area (Å²) < 4.78 is 33.8. The molecule has 1 aromatic carbocycles. The van der Waals surface area contributed by atoms with Crippen molar-refractivity contribution in [2.45, 2.75) is 4.90 Å². The molecule has 0 spiro atoms. The zero-order valence-corrected chi connectivity index (χ0v) is 13.4. The smallest absolute Gasteiger partial charge is 0.367 e. The summed E-state index contributed by atoms with van der Waals surface area (Å²) in [6, 6.07) is 6.11. The maximum atomic E-state index is 11.9. The van der Waals surface area contributed by atoms with Crippen molar-refractivity contribution in [3.63, 3.8) is 0 Å². The third-order valence-corrected chi connectivity index (χ3v) is 4.01. The van der Waals surface area contributed by atoms with Gasteiger partial charge in [0.15, 0.2) is 9.84 Å². The normalized spacial score (nSPS) is 10.9. The number of rotatable bonds is 5. The molecule has 0 aliphatic carbocycles. The number of ether oxygens (including phenoxy) is 2. The number of benzene rings is 1. The number of nitro groups is 1. The Bertz CT molecular complexity index is 909. The summed E-state index contributed by atoms with van der Waals surface area (Å²) >= 11 is 0. The van der Waals surface area contributed by atoms with Gasteiger partial charge in [-0.2, -0.15) is 0 Å². The first-order chi connectivity index (χ1) is 11.2. The van der Waals surface area contributed by atoms with Gasteiger partial charge < -0.3 is 19.6 Å². The largest absolute Gasteiger partial charge is 0.465 e. The number of esters is 1. The van der Waals surface area contributed by atoms with Crippen molar-refractivity contribution >= 4 is 21.6 Å². The predicted octanol–water partition coefficient (Wildman–Crippen LogP) is 1.97. The Morgan fingerprint density at radius 3 is 2.54 bits per heavy atom. The zero-order chi connectivity index (χ0) is 17.9. The molecule has 0 N–H and O–H groups in total. The molecule has 10 heteroatoms. The molecule has 0 bridgehead atoms. The molecular formula is C14H12N2O7S. The number of nitrogens with zero attached hydrogens (tertiary/aromatic N) is 2. The van der Waals surface area contributed by atoms with Crippen molar-refractivity contribution in [3.05, 3.63) is 52.2 Å². The number of hydrogen-bond donors (Lipinski definition) is 0. The van der Waals surface area contributed by atoms with E-state index in [4.69, 9.17) is 4.74 Å². The molecule has 2 rings (SSSR count). The first-order valence-electron chi connectivity index (χ1n) is 6.43. The number of sulfone groups is 1. The Morgan fingerprint density at radius 1 is 1.25 bits per heavy atom. The molecule has 0 atom stereocenters. The van der Waals surface area contributed by atoms with Crippen molar-refractivity contribution in [3.8, 4) is 11.5 Å². The Kier molecular flexibility index (Phi) is 4.79. The van der Waals surface area contributed by atoms with Crippen LogP contribution >= 0.6 is 0 Å². The van der Waals surface area contributed by atoms with Gasteiger partial charge in [0.25, 0.3) is 0 Å². The molecule has 9 nitrogen and oxygen atoms in total. The molecule has 1 heterocycles. The first-order valence-corrected chi connectivity index (χ1v) is 8.32. The van der Waals surface area contributed by atoms with E-state index in [0.717, 1.165) is 24.6 Å². The summed E-state index contributed by atoms with van der Waals surface area (Å²) in [4.78, 5) is 24.9. The van der Waals surface area contributed by atoms with Gasteiger partial charge in [0.05, 0.1) is 18.7 Å². The number of carbonyl (C=O) groups excluding carboxylic acids is 1. The Morgan fingerprint density at radius 2 is 1.96 bits per heavy atom. The number of methoxy groups -OCH3 is 1. The summed E-state index contributed by atoms with van der Waals surface area (Å²) in [7, 11) is -2.56. The molecule has 2 aromatic rings. The van der Waals surface area contributed by atoms with Crippen molar-refractivity contribution in [2.75, 3.05) is 13.4 Å². The van der Waals surface area contributed by atoms with E-state index in [9.17, 15) is 23.3 Å². The minimum Gasteiger partial charge on any atom is -0.465 e. The first kappa shape index (κ1) is 17.3. The standard InChI is InChI=1S/C14H12N2O7S/c1-22-14(17)9-3-4-11(12(7-9)24(2,20)21)23-10-5-6-15-13(8-10)16(18)19/h3-8H,1-2H3. The fraction of sp³-hybridized carbons (Fsp3) is 0.143. The minimum absolute atomic E-state index is 0.0333. The number of pyridine rings is 1. The van der Waals surface area contributed by atoms with Gasteiger partial charge >= 0.3 is 11.8 Å². The number of aromatic nitrogens is 1. The summed E-state index contributed by atoms with van der Waals surface area (Å²) in [5, 5.41) is 10.7. The van der Waals surface area contributed by atoms with E-state index in [-0.39, 0.29) is 22.0 Å². The summed E-state index contributed by atoms with van der Waals surface area (Å²) in [6.45, 7) is 0. The monoisotopic (exact) mass is 352 g/mol. The van der Waals surface area contributed by atoms with Crippen LogP contribution < -0.4 is 4.74 Å². The molecule has 0 aliphatic rings. The van der Waals surface area contributed by atoms with Crippen LogP contribution in [0.2, 0.25) is 0 Å². The van der Waals surface area contributed by atoms with Crippen LogP contribution in [-0.4, -0.2) is 37.7 Å². The molecular weight excluding hydrogens is 340 g/mol. The molecule has 0 aliphatic heterocycles. The van der Waals surface area contributed by atoms with E-state index in [1.807, 2.05) is 0 Å². The molecule has 0 saturated heterocycles. The summed E-state index contributed by atoms with van der Waals surface area (Å²) in [5.74, 6) is -1.19. The highest BCUT2D eigenvalue weighted by Gasteiger charge is 2.19. The number of hydrogen-bond acceptors (Lipinski definition) is 8. The van der Waals surface area contributed by atoms with Crippen molar-refractivity contribution in [1.82, 2.24) is 4.98 Å². The lowest BCUT2D eigenvalue weighted by Crippen LogP contribution is -2.06. The van der Waals surface area contributed by atoms with Gasteiger partial charge in [-0.1, -0.05) is 0 Å². The van der Waals surface area contributed by atoms with Gasteiger partial charge in [0.1, 0.15) is 22.6 Å². The van der Waals surface area contributed by atoms with E-state index < -0.39 is 26.5 Å². The molecule has 0 fully saturated rings. The SMILES string of the molecule is COC(=O)c1ccc(Oc2ccnc([N+](=O)[O-])c2)c(S(C)(=O)=O)c1. The van der Waals surface area contributed by atoms with E-state index >= 15 is 0 Å². The van der Waals surface area contributed by atoms with Gasteiger partial charge in [-0.15, -0.1) is 0 Å². The zero-order valence-electron chi connectivity index (χ0n) is 12.6. The molecule has 24 heavy (non-hydrogen) atoms. The Labute approximate surface area is 136 Å². The second kappa shape index (κ2) is 6.62. The summed E-state index contributed by atoms with van der Waals surface area (Å²) in [5.41, 5.74) is 0.0333. The van der Waals surface area contributed by atoms with Gasteiger partial charge in [-0.05, 0) is 28.1 Å². The fourth-order valence-corrected chi connectivity index (χ4v) is 2.63. The summed E-state index contributed by atoms with van der Waals surface area (Å²) in [6.07, 6.45) is 2.11. The van der Waals surface area contributed by atoms with E-state index in [2.05, 4.69) is 9.72 Å². The van der Waals surface area contributed by atoms with Gasteiger partial charge in [0, 0.05) is 12.3 Å². The van der Waals surface area contributed by atoms with Crippen molar-refractivity contribution in [2.24, 2.45) is 0 Å². The van der Waals surface area contributed by atoms with E-state index in [1.165, 1.54) is 25.3 Å². The van der Waals surface area contributed by atoms with Crippen LogP contribution in [0.15, 0.2) is 41.4 Å². The molecule has 0 saturated carbocycles. The maximum Gasteiger partial charge on any atom is 0.367 e. The van der Waals surface area contributed by atoms with Gasteiger partial charge in [-0.25, -0.2) is 13.2 Å².